The Balaban J connectivity index is 1.21. The highest BCUT2D eigenvalue weighted by molar-refractivity contribution is 5.79. The number of rotatable bonds is 5. The first-order chi connectivity index (χ1) is 16.5. The van der Waals surface area contributed by atoms with Crippen LogP contribution in [0.5, 0.6) is 0 Å². The Hall–Kier alpha value is -2.86. The van der Waals surface area contributed by atoms with Crippen molar-refractivity contribution in [2.45, 2.75) is 46.2 Å². The fourth-order valence-electron chi connectivity index (χ4n) is 5.58. The number of hydrogen-bond donors (Lipinski definition) is 0. The predicted octanol–water partition coefficient (Wildman–Crippen LogP) is 4.49. The van der Waals surface area contributed by atoms with Gasteiger partial charge in [0.2, 0.25) is 5.91 Å². The van der Waals surface area contributed by atoms with Gasteiger partial charge in [-0.25, -0.2) is 4.98 Å². The lowest BCUT2D eigenvalue weighted by Crippen LogP contribution is -2.52. The molecule has 2 saturated heterocycles. The van der Waals surface area contributed by atoms with Crippen LogP contribution >= 0.6 is 0 Å². The van der Waals surface area contributed by atoms with Crippen LogP contribution < -0.4 is 4.90 Å². The molecule has 3 aromatic rings. The van der Waals surface area contributed by atoms with E-state index in [0.717, 1.165) is 70.0 Å². The van der Waals surface area contributed by atoms with E-state index in [-0.39, 0.29) is 5.92 Å². The SMILES string of the molecule is Cc1ccc(N2CCN(C(=O)[C@@H]3CCCN(Cc4nc5ccccc5n4C(C)C)C3)CC2)cc1. The highest BCUT2D eigenvalue weighted by Gasteiger charge is 2.31. The number of benzene rings is 2. The number of para-hydroxylation sites is 2. The van der Waals surface area contributed by atoms with Gasteiger partial charge in [-0.2, -0.15) is 0 Å². The van der Waals surface area contributed by atoms with Crippen LogP contribution in [-0.4, -0.2) is 64.5 Å². The summed E-state index contributed by atoms with van der Waals surface area (Å²) in [6.07, 6.45) is 2.07. The number of fused-ring (bicyclic) bond motifs is 1. The number of carbonyl (C=O) groups is 1. The van der Waals surface area contributed by atoms with Crippen LogP contribution in [0, 0.1) is 12.8 Å². The Morgan fingerprint density at radius 2 is 1.74 bits per heavy atom. The maximum Gasteiger partial charge on any atom is 0.227 e. The summed E-state index contributed by atoms with van der Waals surface area (Å²) in [7, 11) is 0. The van der Waals surface area contributed by atoms with Gasteiger partial charge in [0.15, 0.2) is 0 Å². The molecular weight excluding hydrogens is 422 g/mol. The molecule has 2 aliphatic heterocycles. The molecule has 34 heavy (non-hydrogen) atoms. The quantitative estimate of drug-likeness (QED) is 0.564. The van der Waals surface area contributed by atoms with Crippen LogP contribution in [0.2, 0.25) is 0 Å². The molecule has 0 spiro atoms. The van der Waals surface area contributed by atoms with Gasteiger partial charge in [0.25, 0.3) is 0 Å². The van der Waals surface area contributed by atoms with Gasteiger partial charge in [-0.15, -0.1) is 0 Å². The second-order valence-electron chi connectivity index (χ2n) is 10.2. The minimum atomic E-state index is 0.0940. The monoisotopic (exact) mass is 459 g/mol. The summed E-state index contributed by atoms with van der Waals surface area (Å²) in [5.74, 6) is 1.54. The van der Waals surface area contributed by atoms with Crippen molar-refractivity contribution < 1.29 is 4.79 Å². The molecule has 6 heteroatoms. The third-order valence-electron chi connectivity index (χ3n) is 7.40. The first-order valence-electron chi connectivity index (χ1n) is 12.8. The van der Waals surface area contributed by atoms with E-state index in [2.05, 4.69) is 88.6 Å². The molecule has 6 nitrogen and oxygen atoms in total. The second-order valence-corrected chi connectivity index (χ2v) is 10.2. The molecule has 0 unspecified atom stereocenters. The molecular formula is C28H37N5O. The zero-order valence-electron chi connectivity index (χ0n) is 20.8. The molecule has 5 rings (SSSR count). The Kier molecular flexibility index (Phi) is 6.59. The number of imidazole rings is 1. The number of aryl methyl sites for hydroxylation is 1. The number of amides is 1. The van der Waals surface area contributed by atoms with E-state index in [1.54, 1.807) is 0 Å². The van der Waals surface area contributed by atoms with E-state index < -0.39 is 0 Å². The molecule has 2 aromatic carbocycles. The molecule has 1 aromatic heterocycles. The summed E-state index contributed by atoms with van der Waals surface area (Å²) < 4.78 is 2.35. The summed E-state index contributed by atoms with van der Waals surface area (Å²) >= 11 is 0. The Bertz CT molecular complexity index is 1130. The smallest absolute Gasteiger partial charge is 0.227 e. The zero-order valence-corrected chi connectivity index (χ0v) is 20.8. The third kappa shape index (κ3) is 4.69. The normalized spacial score (nSPS) is 19.8. The molecule has 0 N–H and O–H groups in total. The number of piperazine rings is 1. The Morgan fingerprint density at radius 3 is 2.47 bits per heavy atom. The summed E-state index contributed by atoms with van der Waals surface area (Å²) in [5, 5.41) is 0. The van der Waals surface area contributed by atoms with Crippen molar-refractivity contribution in [2.75, 3.05) is 44.2 Å². The van der Waals surface area contributed by atoms with E-state index in [1.807, 2.05) is 0 Å². The minimum absolute atomic E-state index is 0.0940. The first-order valence-corrected chi connectivity index (χ1v) is 12.8. The van der Waals surface area contributed by atoms with E-state index in [4.69, 9.17) is 4.98 Å². The molecule has 1 amide bonds. The van der Waals surface area contributed by atoms with Crippen molar-refractivity contribution in [1.82, 2.24) is 19.4 Å². The van der Waals surface area contributed by atoms with Crippen molar-refractivity contribution in [3.05, 3.63) is 59.9 Å². The third-order valence-corrected chi connectivity index (χ3v) is 7.40. The molecule has 0 aliphatic carbocycles. The van der Waals surface area contributed by atoms with Crippen LogP contribution in [0.25, 0.3) is 11.0 Å². The van der Waals surface area contributed by atoms with Crippen molar-refractivity contribution >= 4 is 22.6 Å². The van der Waals surface area contributed by atoms with Gasteiger partial charge in [-0.3, -0.25) is 9.69 Å². The van der Waals surface area contributed by atoms with Gasteiger partial charge < -0.3 is 14.4 Å². The summed E-state index contributed by atoms with van der Waals surface area (Å²) in [4.78, 5) is 25.3. The lowest BCUT2D eigenvalue weighted by molar-refractivity contribution is -0.137. The van der Waals surface area contributed by atoms with Gasteiger partial charge in [0.1, 0.15) is 5.82 Å². The van der Waals surface area contributed by atoms with Crippen LogP contribution in [0.1, 0.15) is 44.1 Å². The fourth-order valence-corrected chi connectivity index (χ4v) is 5.58. The summed E-state index contributed by atoms with van der Waals surface area (Å²) in [5.41, 5.74) is 4.80. The predicted molar refractivity (Wildman–Crippen MR) is 138 cm³/mol. The standard InChI is InChI=1S/C28H37N5O/c1-21(2)33-26-9-5-4-8-25(26)29-27(33)20-30-14-6-7-23(19-30)28(34)32-17-15-31(16-18-32)24-12-10-22(3)11-13-24/h4-5,8-13,21,23H,6-7,14-20H2,1-3H3/t23-/m1/s1. The number of carbonyl (C=O) groups excluding carboxylic acids is 1. The highest BCUT2D eigenvalue weighted by atomic mass is 16.2. The lowest BCUT2D eigenvalue weighted by Gasteiger charge is -2.39. The van der Waals surface area contributed by atoms with Crippen molar-refractivity contribution in [3.8, 4) is 0 Å². The van der Waals surface area contributed by atoms with E-state index in [1.165, 1.54) is 16.8 Å². The van der Waals surface area contributed by atoms with Gasteiger partial charge in [-0.1, -0.05) is 29.8 Å². The number of likely N-dealkylation sites (tertiary alicyclic amines) is 1. The van der Waals surface area contributed by atoms with Crippen molar-refractivity contribution in [3.63, 3.8) is 0 Å². The number of nitrogens with zero attached hydrogens (tertiary/aromatic N) is 5. The lowest BCUT2D eigenvalue weighted by atomic mass is 9.96. The van der Waals surface area contributed by atoms with Crippen LogP contribution in [0.4, 0.5) is 5.69 Å². The van der Waals surface area contributed by atoms with Crippen LogP contribution in [0.15, 0.2) is 48.5 Å². The summed E-state index contributed by atoms with van der Waals surface area (Å²) in [6, 6.07) is 17.5. The number of aromatic nitrogens is 2. The van der Waals surface area contributed by atoms with E-state index >= 15 is 0 Å². The van der Waals surface area contributed by atoms with Gasteiger partial charge >= 0.3 is 0 Å². The average Bonchev–Trinajstić information content (AvgIpc) is 3.22. The first kappa shape index (κ1) is 22.9. The van der Waals surface area contributed by atoms with Gasteiger partial charge in [0, 0.05) is 44.5 Å². The number of anilines is 1. The van der Waals surface area contributed by atoms with Crippen molar-refractivity contribution in [1.29, 1.82) is 0 Å². The van der Waals surface area contributed by atoms with Gasteiger partial charge in [0.05, 0.1) is 23.5 Å². The molecule has 3 heterocycles. The molecule has 0 bridgehead atoms. The maximum absolute atomic E-state index is 13.4. The largest absolute Gasteiger partial charge is 0.368 e. The van der Waals surface area contributed by atoms with Crippen LogP contribution in [0.3, 0.4) is 0 Å². The highest BCUT2D eigenvalue weighted by Crippen LogP contribution is 2.26. The topological polar surface area (TPSA) is 44.6 Å². The van der Waals surface area contributed by atoms with E-state index in [9.17, 15) is 4.79 Å². The molecule has 2 fully saturated rings. The minimum Gasteiger partial charge on any atom is -0.368 e. The van der Waals surface area contributed by atoms with Crippen molar-refractivity contribution in [2.24, 2.45) is 5.92 Å². The number of piperidine rings is 1. The summed E-state index contributed by atoms with van der Waals surface area (Å²) in [6.45, 7) is 12.7. The molecule has 2 aliphatic rings. The molecule has 0 saturated carbocycles. The molecule has 0 radical (unpaired) electrons. The number of hydrogen-bond acceptors (Lipinski definition) is 4. The van der Waals surface area contributed by atoms with Gasteiger partial charge in [-0.05, 0) is 64.4 Å². The van der Waals surface area contributed by atoms with E-state index in [0.29, 0.717) is 11.9 Å². The second kappa shape index (κ2) is 9.79. The Labute approximate surface area is 203 Å². The molecule has 1 atom stereocenters. The fraction of sp³-hybridized carbons (Fsp3) is 0.500. The van der Waals surface area contributed by atoms with Crippen LogP contribution in [-0.2, 0) is 11.3 Å². The average molecular weight is 460 g/mol. The Morgan fingerprint density at radius 1 is 1.00 bits per heavy atom. The molecule has 180 valence electrons. The maximum atomic E-state index is 13.4. The zero-order chi connectivity index (χ0) is 23.7.